The Kier molecular flexibility index (Phi) is 3.66. The van der Waals surface area contributed by atoms with E-state index in [4.69, 9.17) is 0 Å². The molecule has 0 atom stereocenters. The molecule has 0 spiro atoms. The number of rotatable bonds is 4. The molecule has 0 amide bonds. The van der Waals surface area contributed by atoms with E-state index in [1.54, 1.807) is 24.3 Å². The highest BCUT2D eigenvalue weighted by molar-refractivity contribution is 5.50. The molecule has 0 aliphatic rings. The molecular weight excluding hydrogens is 244 g/mol. The standard InChI is InChI=1S/C14H14N2O3/c1-10-8-12(4-7-14(10)17)15-9-11-2-5-13(6-3-11)16(18)19/h2-8,15,17H,9H2,1H3. The van der Waals surface area contributed by atoms with E-state index in [1.165, 1.54) is 12.1 Å². The number of phenolic OH excluding ortho intramolecular Hbond substituents is 1. The fraction of sp³-hybridized carbons (Fsp3) is 0.143. The van der Waals surface area contributed by atoms with Gasteiger partial charge in [0.05, 0.1) is 4.92 Å². The second kappa shape index (κ2) is 5.39. The molecule has 0 bridgehead atoms. The molecule has 2 rings (SSSR count). The first-order valence-electron chi connectivity index (χ1n) is 5.83. The highest BCUT2D eigenvalue weighted by Gasteiger charge is 2.04. The lowest BCUT2D eigenvalue weighted by Gasteiger charge is -2.08. The lowest BCUT2D eigenvalue weighted by molar-refractivity contribution is -0.384. The number of nitro groups is 1. The number of nitro benzene ring substituents is 1. The molecule has 0 aliphatic heterocycles. The van der Waals surface area contributed by atoms with Gasteiger partial charge in [-0.15, -0.1) is 0 Å². The van der Waals surface area contributed by atoms with E-state index in [-0.39, 0.29) is 11.4 Å². The molecule has 5 heteroatoms. The van der Waals surface area contributed by atoms with Gasteiger partial charge in [0.25, 0.3) is 5.69 Å². The molecule has 2 aromatic carbocycles. The smallest absolute Gasteiger partial charge is 0.269 e. The third-order valence-corrected chi connectivity index (χ3v) is 2.84. The van der Waals surface area contributed by atoms with E-state index in [0.717, 1.165) is 16.8 Å². The van der Waals surface area contributed by atoms with E-state index >= 15 is 0 Å². The maximum Gasteiger partial charge on any atom is 0.269 e. The van der Waals surface area contributed by atoms with Gasteiger partial charge in [0.15, 0.2) is 0 Å². The van der Waals surface area contributed by atoms with Crippen LogP contribution in [-0.2, 0) is 6.54 Å². The Morgan fingerprint density at radius 1 is 1.21 bits per heavy atom. The predicted octanol–water partition coefficient (Wildman–Crippen LogP) is 3.22. The molecule has 5 nitrogen and oxygen atoms in total. The van der Waals surface area contributed by atoms with Crippen LogP contribution in [0.15, 0.2) is 42.5 Å². The minimum atomic E-state index is -0.416. The quantitative estimate of drug-likeness (QED) is 0.501. The van der Waals surface area contributed by atoms with Gasteiger partial charge >= 0.3 is 0 Å². The Labute approximate surface area is 110 Å². The average Bonchev–Trinajstić information content (AvgIpc) is 2.40. The van der Waals surface area contributed by atoms with Crippen LogP contribution in [-0.4, -0.2) is 10.0 Å². The highest BCUT2D eigenvalue weighted by Crippen LogP contribution is 2.21. The van der Waals surface area contributed by atoms with Crippen molar-refractivity contribution < 1.29 is 10.0 Å². The maximum atomic E-state index is 10.5. The normalized spacial score (nSPS) is 10.2. The summed E-state index contributed by atoms with van der Waals surface area (Å²) >= 11 is 0. The summed E-state index contributed by atoms with van der Waals surface area (Å²) in [7, 11) is 0. The van der Waals surface area contributed by atoms with Gasteiger partial charge in [-0.25, -0.2) is 0 Å². The molecule has 0 saturated heterocycles. The van der Waals surface area contributed by atoms with Crippen LogP contribution in [0.1, 0.15) is 11.1 Å². The zero-order valence-electron chi connectivity index (χ0n) is 10.5. The lowest BCUT2D eigenvalue weighted by atomic mass is 10.1. The van der Waals surface area contributed by atoms with Crippen LogP contribution in [0.2, 0.25) is 0 Å². The summed E-state index contributed by atoms with van der Waals surface area (Å²) in [6.07, 6.45) is 0. The molecular formula is C14H14N2O3. The Morgan fingerprint density at radius 3 is 2.47 bits per heavy atom. The van der Waals surface area contributed by atoms with Gasteiger partial charge in [0.1, 0.15) is 5.75 Å². The van der Waals surface area contributed by atoms with Crippen molar-refractivity contribution in [2.45, 2.75) is 13.5 Å². The number of hydrogen-bond acceptors (Lipinski definition) is 4. The lowest BCUT2D eigenvalue weighted by Crippen LogP contribution is -1.99. The summed E-state index contributed by atoms with van der Waals surface area (Å²) in [6, 6.07) is 11.7. The summed E-state index contributed by atoms with van der Waals surface area (Å²) in [5.41, 5.74) is 2.74. The number of non-ortho nitro benzene ring substituents is 1. The van der Waals surface area contributed by atoms with Crippen LogP contribution in [0, 0.1) is 17.0 Å². The number of aryl methyl sites for hydroxylation is 1. The van der Waals surface area contributed by atoms with Crippen LogP contribution in [0.5, 0.6) is 5.75 Å². The monoisotopic (exact) mass is 258 g/mol. The average molecular weight is 258 g/mol. The largest absolute Gasteiger partial charge is 0.508 e. The summed E-state index contributed by atoms with van der Waals surface area (Å²) in [5.74, 6) is 0.265. The first-order chi connectivity index (χ1) is 9.06. The summed E-state index contributed by atoms with van der Waals surface area (Å²) < 4.78 is 0. The number of nitrogens with one attached hydrogen (secondary N) is 1. The minimum Gasteiger partial charge on any atom is -0.508 e. The molecule has 0 saturated carbocycles. The third kappa shape index (κ3) is 3.22. The predicted molar refractivity (Wildman–Crippen MR) is 73.3 cm³/mol. The van der Waals surface area contributed by atoms with Crippen molar-refractivity contribution >= 4 is 11.4 Å². The van der Waals surface area contributed by atoms with E-state index in [2.05, 4.69) is 5.32 Å². The summed E-state index contributed by atoms with van der Waals surface area (Å²) in [6.45, 7) is 2.40. The van der Waals surface area contributed by atoms with Crippen LogP contribution in [0.25, 0.3) is 0 Å². The van der Waals surface area contributed by atoms with Crippen LogP contribution in [0.3, 0.4) is 0 Å². The number of aromatic hydroxyl groups is 1. The fourth-order valence-electron chi connectivity index (χ4n) is 1.71. The number of nitrogens with zero attached hydrogens (tertiary/aromatic N) is 1. The van der Waals surface area contributed by atoms with Gasteiger partial charge in [0, 0.05) is 24.4 Å². The van der Waals surface area contributed by atoms with Crippen LogP contribution >= 0.6 is 0 Å². The molecule has 2 aromatic rings. The molecule has 0 aliphatic carbocycles. The number of benzene rings is 2. The highest BCUT2D eigenvalue weighted by atomic mass is 16.6. The van der Waals surface area contributed by atoms with Gasteiger partial charge in [0.2, 0.25) is 0 Å². The molecule has 0 heterocycles. The number of phenols is 1. The van der Waals surface area contributed by atoms with Crippen molar-refractivity contribution in [1.82, 2.24) is 0 Å². The molecule has 0 aromatic heterocycles. The second-order valence-corrected chi connectivity index (χ2v) is 4.28. The minimum absolute atomic E-state index is 0.0872. The fourth-order valence-corrected chi connectivity index (χ4v) is 1.71. The van der Waals surface area contributed by atoms with E-state index in [1.807, 2.05) is 13.0 Å². The topological polar surface area (TPSA) is 75.4 Å². The molecule has 0 unspecified atom stereocenters. The Hall–Kier alpha value is -2.56. The summed E-state index contributed by atoms with van der Waals surface area (Å²) in [5, 5.41) is 23.1. The Morgan fingerprint density at radius 2 is 1.89 bits per heavy atom. The summed E-state index contributed by atoms with van der Waals surface area (Å²) in [4.78, 5) is 10.1. The van der Waals surface area contributed by atoms with Gasteiger partial charge in [-0.1, -0.05) is 12.1 Å². The first-order valence-corrected chi connectivity index (χ1v) is 5.83. The third-order valence-electron chi connectivity index (χ3n) is 2.84. The Balaban J connectivity index is 2.01. The molecule has 19 heavy (non-hydrogen) atoms. The van der Waals surface area contributed by atoms with Crippen LogP contribution in [0.4, 0.5) is 11.4 Å². The van der Waals surface area contributed by atoms with E-state index < -0.39 is 4.92 Å². The second-order valence-electron chi connectivity index (χ2n) is 4.28. The van der Waals surface area contributed by atoms with Gasteiger partial charge in [-0.2, -0.15) is 0 Å². The zero-order chi connectivity index (χ0) is 13.8. The van der Waals surface area contributed by atoms with Gasteiger partial charge < -0.3 is 10.4 Å². The van der Waals surface area contributed by atoms with Crippen molar-refractivity contribution in [3.05, 3.63) is 63.7 Å². The Bertz CT molecular complexity index is 594. The van der Waals surface area contributed by atoms with Crippen molar-refractivity contribution in [2.24, 2.45) is 0 Å². The van der Waals surface area contributed by atoms with Crippen LogP contribution < -0.4 is 5.32 Å². The number of hydrogen-bond donors (Lipinski definition) is 2. The van der Waals surface area contributed by atoms with Crippen molar-refractivity contribution in [2.75, 3.05) is 5.32 Å². The van der Waals surface area contributed by atoms with Crippen molar-refractivity contribution in [1.29, 1.82) is 0 Å². The van der Waals surface area contributed by atoms with Gasteiger partial charge in [-0.05, 0) is 36.2 Å². The van der Waals surface area contributed by atoms with E-state index in [0.29, 0.717) is 6.54 Å². The molecule has 0 radical (unpaired) electrons. The van der Waals surface area contributed by atoms with Gasteiger partial charge in [-0.3, -0.25) is 10.1 Å². The molecule has 2 N–H and O–H groups in total. The SMILES string of the molecule is Cc1cc(NCc2ccc([N+](=O)[O-])cc2)ccc1O. The number of anilines is 1. The van der Waals surface area contributed by atoms with Crippen molar-refractivity contribution in [3.8, 4) is 5.75 Å². The van der Waals surface area contributed by atoms with E-state index in [9.17, 15) is 15.2 Å². The van der Waals surface area contributed by atoms with Crippen molar-refractivity contribution in [3.63, 3.8) is 0 Å². The molecule has 0 fully saturated rings. The molecule has 98 valence electrons. The first kappa shape index (κ1) is 12.9. The zero-order valence-corrected chi connectivity index (χ0v) is 10.5. The maximum absolute atomic E-state index is 10.5.